The smallest absolute Gasteiger partial charge is 0.326 e. The Labute approximate surface area is 98.4 Å². The maximum atomic E-state index is 12.8. The van der Waals surface area contributed by atoms with Gasteiger partial charge in [0.1, 0.15) is 11.4 Å². The Balaban J connectivity index is 2.17. The Hall–Kier alpha value is -1.46. The van der Waals surface area contributed by atoms with E-state index in [1.54, 1.807) is 12.1 Å². The normalized spacial score (nSPS) is 24.5. The van der Waals surface area contributed by atoms with Gasteiger partial charge < -0.3 is 9.84 Å². The van der Waals surface area contributed by atoms with E-state index in [1.165, 1.54) is 12.1 Å². The van der Waals surface area contributed by atoms with Crippen LogP contribution in [0, 0.1) is 5.82 Å². The number of carboxylic acids is 1. The summed E-state index contributed by atoms with van der Waals surface area (Å²) in [7, 11) is 0. The summed E-state index contributed by atoms with van der Waals surface area (Å²) in [6.07, 6.45) is 0.280. The van der Waals surface area contributed by atoms with Gasteiger partial charge in [-0.05, 0) is 17.7 Å². The minimum atomic E-state index is -1.10. The minimum absolute atomic E-state index is 0.125. The van der Waals surface area contributed by atoms with Crippen molar-refractivity contribution in [2.75, 3.05) is 19.8 Å². The number of hydrogen-bond acceptors (Lipinski definition) is 3. The number of carboxylic acid groups (broad SMARTS) is 1. The molecule has 5 heteroatoms. The minimum Gasteiger partial charge on any atom is -0.480 e. The fourth-order valence-corrected chi connectivity index (χ4v) is 1.94. The van der Waals surface area contributed by atoms with Crippen molar-refractivity contribution < 1.29 is 19.0 Å². The molecular weight excluding hydrogens is 225 g/mol. The maximum Gasteiger partial charge on any atom is 0.326 e. The molecule has 1 aliphatic rings. The molecule has 0 aliphatic carbocycles. The van der Waals surface area contributed by atoms with Gasteiger partial charge in [0.2, 0.25) is 0 Å². The van der Waals surface area contributed by atoms with Crippen LogP contribution in [-0.2, 0) is 16.0 Å². The van der Waals surface area contributed by atoms with Gasteiger partial charge in [-0.1, -0.05) is 12.1 Å². The van der Waals surface area contributed by atoms with E-state index in [1.807, 2.05) is 0 Å². The predicted molar refractivity (Wildman–Crippen MR) is 59.3 cm³/mol. The van der Waals surface area contributed by atoms with E-state index in [0.29, 0.717) is 13.2 Å². The SMILES string of the molecule is O=C(O)C1(Cc2ccc(F)cc2)COCCN1. The third kappa shape index (κ3) is 2.62. The summed E-state index contributed by atoms with van der Waals surface area (Å²) in [4.78, 5) is 11.3. The molecular formula is C12H14FNO3. The molecule has 4 nitrogen and oxygen atoms in total. The second-order valence-corrected chi connectivity index (χ2v) is 4.17. The average Bonchev–Trinajstić information content (AvgIpc) is 2.33. The second kappa shape index (κ2) is 4.81. The molecule has 0 radical (unpaired) electrons. The Bertz CT molecular complexity index is 399. The van der Waals surface area contributed by atoms with Crippen molar-refractivity contribution in [3.63, 3.8) is 0 Å². The van der Waals surface area contributed by atoms with Crippen molar-refractivity contribution in [3.8, 4) is 0 Å². The van der Waals surface area contributed by atoms with E-state index in [9.17, 15) is 14.3 Å². The first kappa shape index (κ1) is 12.0. The van der Waals surface area contributed by atoms with Gasteiger partial charge in [0.15, 0.2) is 0 Å². The van der Waals surface area contributed by atoms with Crippen molar-refractivity contribution in [1.29, 1.82) is 0 Å². The zero-order chi connectivity index (χ0) is 12.3. The second-order valence-electron chi connectivity index (χ2n) is 4.17. The lowest BCUT2D eigenvalue weighted by molar-refractivity contribution is -0.150. The van der Waals surface area contributed by atoms with Gasteiger partial charge in [0, 0.05) is 13.0 Å². The molecule has 0 aromatic heterocycles. The first-order valence-corrected chi connectivity index (χ1v) is 5.43. The monoisotopic (exact) mass is 239 g/mol. The topological polar surface area (TPSA) is 58.6 Å². The lowest BCUT2D eigenvalue weighted by Gasteiger charge is -2.34. The number of rotatable bonds is 3. The Morgan fingerprint density at radius 1 is 1.47 bits per heavy atom. The van der Waals surface area contributed by atoms with Crippen LogP contribution in [0.15, 0.2) is 24.3 Å². The quantitative estimate of drug-likeness (QED) is 0.819. The molecule has 1 unspecified atom stereocenters. The number of ether oxygens (including phenoxy) is 1. The van der Waals surface area contributed by atoms with E-state index in [2.05, 4.69) is 5.32 Å². The van der Waals surface area contributed by atoms with Crippen LogP contribution in [0.4, 0.5) is 4.39 Å². The van der Waals surface area contributed by atoms with Crippen molar-refractivity contribution >= 4 is 5.97 Å². The number of benzene rings is 1. The van der Waals surface area contributed by atoms with E-state index in [0.717, 1.165) is 5.56 Å². The fourth-order valence-electron chi connectivity index (χ4n) is 1.94. The number of morpholine rings is 1. The third-order valence-corrected chi connectivity index (χ3v) is 2.89. The number of aliphatic carboxylic acids is 1. The molecule has 1 aromatic carbocycles. The van der Waals surface area contributed by atoms with Crippen LogP contribution in [0.3, 0.4) is 0 Å². The third-order valence-electron chi connectivity index (χ3n) is 2.89. The number of nitrogens with one attached hydrogen (secondary N) is 1. The average molecular weight is 239 g/mol. The van der Waals surface area contributed by atoms with Crippen LogP contribution in [0.5, 0.6) is 0 Å². The van der Waals surface area contributed by atoms with E-state index in [-0.39, 0.29) is 18.8 Å². The number of halogens is 1. The highest BCUT2D eigenvalue weighted by Crippen LogP contribution is 2.17. The first-order valence-electron chi connectivity index (χ1n) is 5.43. The molecule has 1 atom stereocenters. The lowest BCUT2D eigenvalue weighted by Crippen LogP contribution is -2.61. The van der Waals surface area contributed by atoms with Crippen molar-refractivity contribution in [3.05, 3.63) is 35.6 Å². The molecule has 1 saturated heterocycles. The molecule has 0 bridgehead atoms. The molecule has 0 saturated carbocycles. The summed E-state index contributed by atoms with van der Waals surface area (Å²) in [6, 6.07) is 5.84. The molecule has 1 heterocycles. The number of carbonyl (C=O) groups is 1. The standard InChI is InChI=1S/C12H14FNO3/c13-10-3-1-9(2-4-10)7-12(11(15)16)8-17-6-5-14-12/h1-4,14H,5-8H2,(H,15,16). The molecule has 0 spiro atoms. The zero-order valence-corrected chi connectivity index (χ0v) is 9.28. The molecule has 1 aromatic rings. The van der Waals surface area contributed by atoms with Crippen LogP contribution in [0.2, 0.25) is 0 Å². The highest BCUT2D eigenvalue weighted by Gasteiger charge is 2.40. The summed E-state index contributed by atoms with van der Waals surface area (Å²) in [5.41, 5.74) is -0.331. The van der Waals surface area contributed by atoms with Crippen LogP contribution >= 0.6 is 0 Å². The van der Waals surface area contributed by atoms with Gasteiger partial charge in [0.05, 0.1) is 13.2 Å². The van der Waals surface area contributed by atoms with Gasteiger partial charge in [-0.3, -0.25) is 10.1 Å². The van der Waals surface area contributed by atoms with Crippen molar-refractivity contribution in [1.82, 2.24) is 5.32 Å². The molecule has 2 N–H and O–H groups in total. The van der Waals surface area contributed by atoms with Crippen LogP contribution in [-0.4, -0.2) is 36.4 Å². The van der Waals surface area contributed by atoms with E-state index >= 15 is 0 Å². The van der Waals surface area contributed by atoms with Gasteiger partial charge in [-0.25, -0.2) is 4.39 Å². The van der Waals surface area contributed by atoms with E-state index < -0.39 is 11.5 Å². The maximum absolute atomic E-state index is 12.8. The lowest BCUT2D eigenvalue weighted by atomic mass is 9.90. The molecule has 92 valence electrons. The summed E-state index contributed by atoms with van der Waals surface area (Å²) < 4.78 is 18.0. The van der Waals surface area contributed by atoms with Crippen LogP contribution < -0.4 is 5.32 Å². The molecule has 1 aliphatic heterocycles. The van der Waals surface area contributed by atoms with Crippen LogP contribution in [0.25, 0.3) is 0 Å². The zero-order valence-electron chi connectivity index (χ0n) is 9.28. The largest absolute Gasteiger partial charge is 0.480 e. The molecule has 17 heavy (non-hydrogen) atoms. The Kier molecular flexibility index (Phi) is 3.40. The first-order chi connectivity index (χ1) is 8.12. The van der Waals surface area contributed by atoms with Crippen molar-refractivity contribution in [2.24, 2.45) is 0 Å². The van der Waals surface area contributed by atoms with Gasteiger partial charge >= 0.3 is 5.97 Å². The summed E-state index contributed by atoms with van der Waals surface area (Å²) in [5.74, 6) is -1.27. The summed E-state index contributed by atoms with van der Waals surface area (Å²) in [5, 5.41) is 12.3. The highest BCUT2D eigenvalue weighted by molar-refractivity contribution is 5.79. The molecule has 2 rings (SSSR count). The highest BCUT2D eigenvalue weighted by atomic mass is 19.1. The van der Waals surface area contributed by atoms with E-state index in [4.69, 9.17) is 4.74 Å². The van der Waals surface area contributed by atoms with Gasteiger partial charge in [-0.2, -0.15) is 0 Å². The Morgan fingerprint density at radius 3 is 2.71 bits per heavy atom. The van der Waals surface area contributed by atoms with Crippen LogP contribution in [0.1, 0.15) is 5.56 Å². The van der Waals surface area contributed by atoms with Gasteiger partial charge in [0.25, 0.3) is 0 Å². The summed E-state index contributed by atoms with van der Waals surface area (Å²) >= 11 is 0. The fraction of sp³-hybridized carbons (Fsp3) is 0.417. The predicted octanol–water partition coefficient (Wildman–Crippen LogP) is 0.811. The number of hydrogen-bond donors (Lipinski definition) is 2. The van der Waals surface area contributed by atoms with Gasteiger partial charge in [-0.15, -0.1) is 0 Å². The van der Waals surface area contributed by atoms with Crippen molar-refractivity contribution in [2.45, 2.75) is 12.0 Å². The Morgan fingerprint density at radius 2 is 2.18 bits per heavy atom. The summed E-state index contributed by atoms with van der Waals surface area (Å²) in [6.45, 7) is 1.14. The molecule has 0 amide bonds. The molecule has 1 fully saturated rings.